The minimum absolute atomic E-state index is 0.0945. The first-order valence-electron chi connectivity index (χ1n) is 8.21. The van der Waals surface area contributed by atoms with Gasteiger partial charge in [0.15, 0.2) is 0 Å². The van der Waals surface area contributed by atoms with E-state index in [4.69, 9.17) is 19.8 Å². The Kier molecular flexibility index (Phi) is 13.1. The van der Waals surface area contributed by atoms with Gasteiger partial charge >= 0.3 is 30.5 Å². The zero-order valence-electron chi connectivity index (χ0n) is 16.7. The molecule has 1 amide bonds. The second-order valence-corrected chi connectivity index (χ2v) is 5.96. The molecule has 3 N–H and O–H groups in total. The fraction of sp³-hybridized carbons (Fsp3) is 0.500. The molecule has 1 unspecified atom stereocenters. The van der Waals surface area contributed by atoms with Crippen molar-refractivity contribution in [3.8, 4) is 0 Å². The Morgan fingerprint density at radius 1 is 0.939 bits per heavy atom. The van der Waals surface area contributed by atoms with E-state index < -0.39 is 42.4 Å². The van der Waals surface area contributed by atoms with Crippen LogP contribution in [0.4, 0.5) is 39.5 Å². The van der Waals surface area contributed by atoms with Gasteiger partial charge in [-0.3, -0.25) is 14.7 Å². The number of hydrogen-bond acceptors (Lipinski definition) is 5. The van der Waals surface area contributed by atoms with Crippen molar-refractivity contribution in [3.63, 3.8) is 0 Å². The van der Waals surface area contributed by atoms with Crippen molar-refractivity contribution in [1.82, 2.24) is 15.2 Å². The van der Waals surface area contributed by atoms with E-state index in [9.17, 15) is 44.3 Å². The van der Waals surface area contributed by atoms with Crippen molar-refractivity contribution in [2.75, 3.05) is 13.6 Å². The number of carbonyl (C=O) groups is 3. The lowest BCUT2D eigenvalue weighted by Gasteiger charge is -2.20. The third kappa shape index (κ3) is 17.2. The van der Waals surface area contributed by atoms with Crippen molar-refractivity contribution in [1.29, 1.82) is 0 Å². The molecule has 0 bridgehead atoms. The minimum Gasteiger partial charge on any atom is -0.475 e. The highest BCUT2D eigenvalue weighted by molar-refractivity contribution is 5.78. The third-order valence-electron chi connectivity index (χ3n) is 2.97. The summed E-state index contributed by atoms with van der Waals surface area (Å²) in [6.07, 6.45) is -11.3. The van der Waals surface area contributed by atoms with Crippen LogP contribution in [0.15, 0.2) is 24.5 Å². The number of amides is 1. The van der Waals surface area contributed by atoms with E-state index in [0.717, 1.165) is 12.5 Å². The Bertz CT molecular complexity index is 729. The molecule has 0 saturated heterocycles. The smallest absolute Gasteiger partial charge is 0.475 e. The van der Waals surface area contributed by atoms with E-state index >= 15 is 0 Å². The lowest BCUT2D eigenvalue weighted by Crippen LogP contribution is -2.46. The molecular formula is C16H18F9N3O5. The Hall–Kier alpha value is -3.11. The van der Waals surface area contributed by atoms with Crippen LogP contribution in [-0.4, -0.2) is 76.1 Å². The number of likely N-dealkylation sites (N-methyl/N-ethyl adjacent to an activating group) is 1. The van der Waals surface area contributed by atoms with E-state index in [0.29, 0.717) is 6.54 Å². The van der Waals surface area contributed by atoms with Crippen LogP contribution in [0.3, 0.4) is 0 Å². The number of alkyl halides is 9. The van der Waals surface area contributed by atoms with Crippen LogP contribution in [-0.2, 0) is 20.9 Å². The Morgan fingerprint density at radius 2 is 1.30 bits per heavy atom. The molecule has 1 atom stereocenters. The van der Waals surface area contributed by atoms with Gasteiger partial charge in [0.1, 0.15) is 6.04 Å². The number of carboxylic acid groups (broad SMARTS) is 2. The summed E-state index contributed by atoms with van der Waals surface area (Å²) in [6.45, 7) is 1.29. The quantitative estimate of drug-likeness (QED) is 0.529. The average molecular weight is 503 g/mol. The lowest BCUT2D eigenvalue weighted by atomic mass is 10.2. The van der Waals surface area contributed by atoms with Gasteiger partial charge in [0.2, 0.25) is 5.91 Å². The molecule has 1 aromatic rings. The Balaban J connectivity index is 0. The van der Waals surface area contributed by atoms with Gasteiger partial charge in [0.05, 0.1) is 6.54 Å². The average Bonchev–Trinajstić information content (AvgIpc) is 2.60. The van der Waals surface area contributed by atoms with Crippen LogP contribution in [0.1, 0.15) is 12.5 Å². The first-order valence-corrected chi connectivity index (χ1v) is 8.21. The van der Waals surface area contributed by atoms with Crippen LogP contribution in [0.25, 0.3) is 0 Å². The van der Waals surface area contributed by atoms with Crippen molar-refractivity contribution in [2.24, 2.45) is 0 Å². The molecule has 0 aliphatic carbocycles. The second-order valence-electron chi connectivity index (χ2n) is 5.96. The summed E-state index contributed by atoms with van der Waals surface area (Å²) >= 11 is 0. The highest BCUT2D eigenvalue weighted by Crippen LogP contribution is 2.19. The van der Waals surface area contributed by atoms with Gasteiger partial charge in [-0.15, -0.1) is 0 Å². The Labute approximate surface area is 180 Å². The van der Waals surface area contributed by atoms with Crippen LogP contribution in [0, 0.1) is 0 Å². The summed E-state index contributed by atoms with van der Waals surface area (Å²) in [5, 5.41) is 16.2. The first-order chi connectivity index (χ1) is 14.7. The van der Waals surface area contributed by atoms with Gasteiger partial charge in [-0.25, -0.2) is 9.59 Å². The number of nitrogens with zero attached hydrogens (tertiary/aromatic N) is 2. The molecule has 190 valence electrons. The van der Waals surface area contributed by atoms with Crippen molar-refractivity contribution >= 4 is 17.8 Å². The van der Waals surface area contributed by atoms with Crippen LogP contribution < -0.4 is 5.32 Å². The number of hydrogen-bond donors (Lipinski definition) is 3. The van der Waals surface area contributed by atoms with E-state index in [-0.39, 0.29) is 6.54 Å². The minimum atomic E-state index is -5.08. The predicted octanol–water partition coefficient (Wildman–Crippen LogP) is 2.85. The molecular weight excluding hydrogens is 485 g/mol. The maximum atomic E-state index is 12.3. The first kappa shape index (κ1) is 32.1. The number of rotatable bonds is 5. The number of carboxylic acids is 2. The zero-order valence-corrected chi connectivity index (χ0v) is 16.7. The Morgan fingerprint density at radius 3 is 1.61 bits per heavy atom. The highest BCUT2D eigenvalue weighted by atomic mass is 19.4. The van der Waals surface area contributed by atoms with Crippen molar-refractivity contribution in [2.45, 2.75) is 38.0 Å². The largest absolute Gasteiger partial charge is 0.490 e. The summed E-state index contributed by atoms with van der Waals surface area (Å²) in [5.41, 5.74) is 0.939. The van der Waals surface area contributed by atoms with Crippen LogP contribution >= 0.6 is 0 Å². The number of aliphatic carboxylic acids is 2. The van der Waals surface area contributed by atoms with Gasteiger partial charge in [-0.1, -0.05) is 0 Å². The molecule has 0 radical (unpaired) electrons. The summed E-state index contributed by atoms with van der Waals surface area (Å²) in [6, 6.07) is 1.73. The SMILES string of the molecule is CC(NC(=O)CN(C)Cc1ccncc1)C(F)(F)F.O=C(O)C(F)(F)F.O=C(O)C(F)(F)F. The maximum absolute atomic E-state index is 12.3. The molecule has 17 heteroatoms. The summed E-state index contributed by atoms with van der Waals surface area (Å²) < 4.78 is 100. The third-order valence-corrected chi connectivity index (χ3v) is 2.97. The maximum Gasteiger partial charge on any atom is 0.490 e. The molecule has 1 heterocycles. The topological polar surface area (TPSA) is 120 Å². The highest BCUT2D eigenvalue weighted by Gasteiger charge is 2.39. The molecule has 1 aromatic heterocycles. The number of aromatic nitrogens is 1. The molecule has 8 nitrogen and oxygen atoms in total. The van der Waals surface area contributed by atoms with Gasteiger partial charge in [-0.2, -0.15) is 39.5 Å². The number of pyridine rings is 1. The second kappa shape index (κ2) is 13.4. The van der Waals surface area contributed by atoms with Gasteiger partial charge in [-0.05, 0) is 31.7 Å². The molecule has 0 saturated carbocycles. The zero-order chi connectivity index (χ0) is 26.6. The van der Waals surface area contributed by atoms with Gasteiger partial charge in [0.25, 0.3) is 0 Å². The van der Waals surface area contributed by atoms with Crippen LogP contribution in [0.2, 0.25) is 0 Å². The fourth-order valence-corrected chi connectivity index (χ4v) is 1.47. The summed E-state index contributed by atoms with van der Waals surface area (Å²) in [5.74, 6) is -6.17. The van der Waals surface area contributed by atoms with E-state index in [1.165, 1.54) is 0 Å². The monoisotopic (exact) mass is 503 g/mol. The summed E-state index contributed by atoms with van der Waals surface area (Å²) in [4.78, 5) is 34.7. The normalized spacial score (nSPS) is 12.5. The van der Waals surface area contributed by atoms with E-state index in [1.807, 2.05) is 5.32 Å². The molecule has 0 fully saturated rings. The molecule has 1 rings (SSSR count). The molecule has 0 aliphatic rings. The molecule has 0 aromatic carbocycles. The molecule has 0 spiro atoms. The lowest BCUT2D eigenvalue weighted by molar-refractivity contribution is -0.193. The van der Waals surface area contributed by atoms with E-state index in [2.05, 4.69) is 4.98 Å². The number of nitrogens with one attached hydrogen (secondary N) is 1. The van der Waals surface area contributed by atoms with Crippen LogP contribution in [0.5, 0.6) is 0 Å². The van der Waals surface area contributed by atoms with E-state index in [1.54, 1.807) is 36.5 Å². The van der Waals surface area contributed by atoms with Crippen molar-refractivity contribution in [3.05, 3.63) is 30.1 Å². The predicted molar refractivity (Wildman–Crippen MR) is 91.6 cm³/mol. The van der Waals surface area contributed by atoms with Gasteiger partial charge < -0.3 is 15.5 Å². The number of carbonyl (C=O) groups excluding carboxylic acids is 1. The number of halogens is 9. The fourth-order valence-electron chi connectivity index (χ4n) is 1.47. The van der Waals surface area contributed by atoms with Crippen molar-refractivity contribution < 1.29 is 64.1 Å². The standard InChI is InChI=1S/C12H16F3N3O.2C2HF3O2/c1-9(12(13,14)15)17-11(19)8-18(2)7-10-3-5-16-6-4-10;2*3-2(4,5)1(6)7/h3-6,9H,7-8H2,1-2H3,(H,17,19);2*(H,6,7). The molecule has 33 heavy (non-hydrogen) atoms. The summed E-state index contributed by atoms with van der Waals surface area (Å²) in [7, 11) is 1.66. The van der Waals surface area contributed by atoms with Gasteiger partial charge in [0, 0.05) is 18.9 Å². The molecule has 0 aliphatic heterocycles.